The van der Waals surface area contributed by atoms with Gasteiger partial charge in [0.25, 0.3) is 0 Å². The van der Waals surface area contributed by atoms with Gasteiger partial charge in [0.15, 0.2) is 11.5 Å². The number of hydrogen-bond acceptors (Lipinski definition) is 6. The molecule has 0 saturated heterocycles. The van der Waals surface area contributed by atoms with Gasteiger partial charge in [-0.25, -0.2) is 8.42 Å². The van der Waals surface area contributed by atoms with Gasteiger partial charge in [0.1, 0.15) is 6.04 Å². The van der Waals surface area contributed by atoms with Crippen molar-refractivity contribution in [3.8, 4) is 11.5 Å². The molecular formula is C32H39N3O6S. The number of hydrogen-bond donors (Lipinski definition) is 1. The topological polar surface area (TPSA) is 105 Å². The van der Waals surface area contributed by atoms with Gasteiger partial charge in [-0.2, -0.15) is 0 Å². The molecule has 9 nitrogen and oxygen atoms in total. The quantitative estimate of drug-likeness (QED) is 0.331. The molecule has 0 spiro atoms. The summed E-state index contributed by atoms with van der Waals surface area (Å²) in [7, 11) is -3.64. The minimum absolute atomic E-state index is 0.0531. The minimum atomic E-state index is -3.64. The maximum absolute atomic E-state index is 13.9. The fourth-order valence-electron chi connectivity index (χ4n) is 4.83. The van der Waals surface area contributed by atoms with E-state index < -0.39 is 21.6 Å². The van der Waals surface area contributed by atoms with Crippen molar-refractivity contribution in [2.45, 2.75) is 58.2 Å². The molecule has 1 atom stereocenters. The Morgan fingerprint density at radius 1 is 0.905 bits per heavy atom. The van der Waals surface area contributed by atoms with Crippen LogP contribution < -0.4 is 19.1 Å². The highest BCUT2D eigenvalue weighted by Crippen LogP contribution is 2.36. The van der Waals surface area contributed by atoms with Crippen molar-refractivity contribution in [1.82, 2.24) is 10.2 Å². The Morgan fingerprint density at radius 3 is 2.14 bits per heavy atom. The number of fused-ring (bicyclic) bond motifs is 1. The van der Waals surface area contributed by atoms with Gasteiger partial charge in [-0.3, -0.25) is 13.9 Å². The number of anilines is 1. The number of carbonyl (C=O) groups is 2. The summed E-state index contributed by atoms with van der Waals surface area (Å²) in [5.41, 5.74) is 1.77. The molecule has 0 bridgehead atoms. The van der Waals surface area contributed by atoms with Gasteiger partial charge in [0, 0.05) is 37.5 Å². The average Bonchev–Trinajstić information content (AvgIpc) is 3.40. The van der Waals surface area contributed by atoms with Gasteiger partial charge >= 0.3 is 0 Å². The molecule has 0 unspecified atom stereocenters. The van der Waals surface area contributed by atoms with Crippen LogP contribution in [0.1, 0.15) is 44.7 Å². The third-order valence-electron chi connectivity index (χ3n) is 6.76. The van der Waals surface area contributed by atoms with Gasteiger partial charge in [-0.05, 0) is 50.5 Å². The zero-order chi connectivity index (χ0) is 30.3. The molecule has 0 aromatic heterocycles. The molecule has 0 saturated carbocycles. The molecule has 2 amide bonds. The fraction of sp³-hybridized carbons (Fsp3) is 0.375. The molecule has 1 aliphatic heterocycles. The zero-order valence-electron chi connectivity index (χ0n) is 24.6. The number of benzene rings is 3. The Balaban J connectivity index is 1.57. The molecule has 1 aliphatic rings. The average molecular weight is 594 g/mol. The SMILES string of the molecule is CC(C)(C)NC(=O)[C@H](Cc1ccccc1)N(Cc1ccccc1)C(=O)CCCN(c1ccc2c(c1)OCO2)S(C)(=O)=O. The summed E-state index contributed by atoms with van der Waals surface area (Å²) in [6.07, 6.45) is 1.78. The first kappa shape index (κ1) is 30.9. The molecule has 0 radical (unpaired) electrons. The summed E-state index contributed by atoms with van der Waals surface area (Å²) in [6, 6.07) is 23.3. The molecular weight excluding hydrogens is 554 g/mol. The van der Waals surface area contributed by atoms with Crippen LogP contribution in [0.2, 0.25) is 0 Å². The van der Waals surface area contributed by atoms with E-state index in [-0.39, 0.29) is 44.5 Å². The molecule has 4 rings (SSSR count). The first-order valence-electron chi connectivity index (χ1n) is 14.0. The lowest BCUT2D eigenvalue weighted by atomic mass is 10.00. The van der Waals surface area contributed by atoms with Crippen molar-refractivity contribution in [2.75, 3.05) is 23.9 Å². The van der Waals surface area contributed by atoms with Crippen LogP contribution in [0, 0.1) is 0 Å². The van der Waals surface area contributed by atoms with Crippen LogP contribution in [0.25, 0.3) is 0 Å². The smallest absolute Gasteiger partial charge is 0.243 e. The lowest BCUT2D eigenvalue weighted by molar-refractivity contribution is -0.142. The Morgan fingerprint density at radius 2 is 1.52 bits per heavy atom. The van der Waals surface area contributed by atoms with Crippen LogP contribution in [0.4, 0.5) is 5.69 Å². The van der Waals surface area contributed by atoms with Gasteiger partial charge in [0.05, 0.1) is 11.9 Å². The van der Waals surface area contributed by atoms with Crippen molar-refractivity contribution >= 4 is 27.5 Å². The number of rotatable bonds is 12. The van der Waals surface area contributed by atoms with Crippen molar-refractivity contribution in [1.29, 1.82) is 0 Å². The van der Waals surface area contributed by atoms with Gasteiger partial charge < -0.3 is 19.7 Å². The van der Waals surface area contributed by atoms with Crippen LogP contribution in [0.3, 0.4) is 0 Å². The third kappa shape index (κ3) is 8.48. The van der Waals surface area contributed by atoms with Crippen LogP contribution in [-0.2, 0) is 32.6 Å². The number of sulfonamides is 1. The molecule has 42 heavy (non-hydrogen) atoms. The number of carbonyl (C=O) groups excluding carboxylic acids is 2. The van der Waals surface area contributed by atoms with E-state index in [1.165, 1.54) is 4.31 Å². The Labute approximate surface area is 248 Å². The maximum Gasteiger partial charge on any atom is 0.243 e. The van der Waals surface area contributed by atoms with Gasteiger partial charge in [-0.1, -0.05) is 60.7 Å². The summed E-state index contributed by atoms with van der Waals surface area (Å²) in [5, 5.41) is 3.05. The molecule has 3 aromatic rings. The maximum atomic E-state index is 13.9. The minimum Gasteiger partial charge on any atom is -0.454 e. The highest BCUT2D eigenvalue weighted by molar-refractivity contribution is 7.92. The van der Waals surface area contributed by atoms with Gasteiger partial charge in [0.2, 0.25) is 28.6 Å². The Hall–Kier alpha value is -4.05. The number of nitrogens with one attached hydrogen (secondary N) is 1. The highest BCUT2D eigenvalue weighted by atomic mass is 32.2. The molecule has 0 aliphatic carbocycles. The van der Waals surface area contributed by atoms with E-state index in [2.05, 4.69) is 5.32 Å². The zero-order valence-corrected chi connectivity index (χ0v) is 25.4. The molecule has 0 fully saturated rings. The predicted molar refractivity (Wildman–Crippen MR) is 163 cm³/mol. The highest BCUT2D eigenvalue weighted by Gasteiger charge is 2.32. The van der Waals surface area contributed by atoms with Crippen LogP contribution in [-0.4, -0.2) is 56.3 Å². The standard InChI is InChI=1S/C32H39N3O6S/c1-32(2,3)33-31(37)27(20-24-12-7-5-8-13-24)34(22-25-14-9-6-10-15-25)30(36)16-11-19-35(42(4,38)39)26-17-18-28-29(21-26)41-23-40-28/h5-10,12-15,17-18,21,27H,11,16,19-20,22-23H2,1-4H3,(H,33,37)/t27-/m0/s1. The number of nitrogens with zero attached hydrogens (tertiary/aromatic N) is 2. The van der Waals surface area contributed by atoms with E-state index in [0.29, 0.717) is 23.6 Å². The number of ether oxygens (including phenoxy) is 2. The summed E-state index contributed by atoms with van der Waals surface area (Å²) in [6.45, 7) is 6.13. The Bertz CT molecular complexity index is 1470. The van der Waals surface area contributed by atoms with E-state index in [1.807, 2.05) is 81.4 Å². The van der Waals surface area contributed by atoms with Crippen molar-refractivity contribution in [2.24, 2.45) is 0 Å². The summed E-state index contributed by atoms with van der Waals surface area (Å²) in [4.78, 5) is 29.2. The fourth-order valence-corrected chi connectivity index (χ4v) is 5.79. The van der Waals surface area contributed by atoms with Gasteiger partial charge in [-0.15, -0.1) is 0 Å². The van der Waals surface area contributed by atoms with Crippen LogP contribution >= 0.6 is 0 Å². The molecule has 10 heteroatoms. The first-order valence-corrected chi connectivity index (χ1v) is 15.8. The second-order valence-corrected chi connectivity index (χ2v) is 13.3. The van der Waals surface area contributed by atoms with Crippen LogP contribution in [0.5, 0.6) is 11.5 Å². The number of amides is 2. The lowest BCUT2D eigenvalue weighted by Crippen LogP contribution is -2.54. The largest absolute Gasteiger partial charge is 0.454 e. The normalized spacial score (nSPS) is 13.3. The first-order chi connectivity index (χ1) is 19.9. The monoisotopic (exact) mass is 593 g/mol. The van der Waals surface area contributed by atoms with E-state index in [1.54, 1.807) is 23.1 Å². The summed E-state index contributed by atoms with van der Waals surface area (Å²) in [5.74, 6) is 0.550. The summed E-state index contributed by atoms with van der Waals surface area (Å²) >= 11 is 0. The molecule has 1 heterocycles. The second kappa shape index (κ2) is 13.3. The molecule has 3 aromatic carbocycles. The van der Waals surface area contributed by atoms with Crippen molar-refractivity contribution in [3.63, 3.8) is 0 Å². The Kier molecular flexibility index (Phi) is 9.78. The summed E-state index contributed by atoms with van der Waals surface area (Å²) < 4.78 is 37.5. The molecule has 224 valence electrons. The lowest BCUT2D eigenvalue weighted by Gasteiger charge is -2.34. The van der Waals surface area contributed by atoms with Crippen molar-refractivity contribution < 1.29 is 27.5 Å². The van der Waals surface area contributed by atoms with E-state index in [0.717, 1.165) is 17.4 Å². The predicted octanol–water partition coefficient (Wildman–Crippen LogP) is 4.52. The molecule has 1 N–H and O–H groups in total. The van der Waals surface area contributed by atoms with E-state index in [9.17, 15) is 18.0 Å². The van der Waals surface area contributed by atoms with E-state index >= 15 is 0 Å². The van der Waals surface area contributed by atoms with Crippen LogP contribution in [0.15, 0.2) is 78.9 Å². The third-order valence-corrected chi connectivity index (χ3v) is 7.96. The van der Waals surface area contributed by atoms with E-state index in [4.69, 9.17) is 9.47 Å². The second-order valence-electron chi connectivity index (χ2n) is 11.4. The van der Waals surface area contributed by atoms with Crippen molar-refractivity contribution in [3.05, 3.63) is 90.0 Å².